The molecule has 0 aliphatic carbocycles. The summed E-state index contributed by atoms with van der Waals surface area (Å²) in [6, 6.07) is 0. The Labute approximate surface area is 74.4 Å². The Morgan fingerprint density at radius 1 is 1.38 bits per heavy atom. The maximum Gasteiger partial charge on any atom is 0.372 e. The molecule has 13 heavy (non-hydrogen) atoms. The van der Waals surface area contributed by atoms with E-state index < -0.39 is 11.8 Å². The summed E-state index contributed by atoms with van der Waals surface area (Å²) < 4.78 is 0. The molecule has 0 aliphatic rings. The van der Waals surface area contributed by atoms with E-state index in [1.165, 1.54) is 12.4 Å². The van der Waals surface area contributed by atoms with Crippen LogP contribution in [-0.4, -0.2) is 26.8 Å². The molecular formula is C8H8N2O3. The van der Waals surface area contributed by atoms with Gasteiger partial charge >= 0.3 is 5.97 Å². The summed E-state index contributed by atoms with van der Waals surface area (Å²) in [7, 11) is 0. The lowest BCUT2D eigenvalue weighted by Gasteiger charge is -1.99. The lowest BCUT2D eigenvalue weighted by Crippen LogP contribution is -2.16. The zero-order valence-corrected chi connectivity index (χ0v) is 7.02. The molecule has 0 fully saturated rings. The van der Waals surface area contributed by atoms with Gasteiger partial charge in [-0.2, -0.15) is 0 Å². The van der Waals surface area contributed by atoms with Gasteiger partial charge in [-0.25, -0.2) is 4.79 Å². The predicted molar refractivity (Wildman–Crippen MR) is 43.1 cm³/mol. The fourth-order valence-electron chi connectivity index (χ4n) is 0.838. The average Bonchev–Trinajstić information content (AvgIpc) is 2.08. The van der Waals surface area contributed by atoms with Crippen molar-refractivity contribution in [1.82, 2.24) is 9.97 Å². The second-order valence-electron chi connectivity index (χ2n) is 2.49. The van der Waals surface area contributed by atoms with E-state index in [1.807, 2.05) is 0 Å². The molecule has 0 unspecified atom stereocenters. The van der Waals surface area contributed by atoms with Gasteiger partial charge < -0.3 is 5.11 Å². The zero-order valence-electron chi connectivity index (χ0n) is 7.02. The third-order valence-corrected chi connectivity index (χ3v) is 1.55. The van der Waals surface area contributed by atoms with Gasteiger partial charge in [0.1, 0.15) is 0 Å². The number of aryl methyl sites for hydroxylation is 1. The Bertz CT molecular complexity index is 349. The molecular weight excluding hydrogens is 172 g/mol. The van der Waals surface area contributed by atoms with Gasteiger partial charge in [0.05, 0.1) is 17.8 Å². The highest BCUT2D eigenvalue weighted by molar-refractivity contribution is 6.33. The lowest BCUT2D eigenvalue weighted by molar-refractivity contribution is -0.148. The van der Waals surface area contributed by atoms with Crippen LogP contribution < -0.4 is 0 Å². The van der Waals surface area contributed by atoms with Gasteiger partial charge in [0.15, 0.2) is 0 Å². The summed E-state index contributed by atoms with van der Waals surface area (Å²) in [5.74, 6) is -2.31. The minimum Gasteiger partial charge on any atom is -0.475 e. The number of ketones is 1. The largest absolute Gasteiger partial charge is 0.475 e. The Balaban J connectivity index is 2.81. The topological polar surface area (TPSA) is 80.2 Å². The molecule has 0 radical (unpaired) electrons. The van der Waals surface area contributed by atoms with Crippen molar-refractivity contribution in [2.75, 3.05) is 0 Å². The molecule has 1 aromatic rings. The summed E-state index contributed by atoms with van der Waals surface area (Å²) in [6.45, 7) is 1.68. The third kappa shape index (κ3) is 2.33. The van der Waals surface area contributed by atoms with Crippen molar-refractivity contribution in [3.63, 3.8) is 0 Å². The van der Waals surface area contributed by atoms with Crippen molar-refractivity contribution in [2.45, 2.75) is 13.3 Å². The van der Waals surface area contributed by atoms with Crippen LogP contribution in [0.1, 0.15) is 11.4 Å². The standard InChI is InChI=1S/C8H8N2O3/c1-5-6(10-3-2-9-5)4-7(11)8(12)13/h2-3H,4H2,1H3,(H,12,13). The van der Waals surface area contributed by atoms with Crippen LogP contribution >= 0.6 is 0 Å². The first kappa shape index (κ1) is 9.31. The summed E-state index contributed by atoms with van der Waals surface area (Å²) in [5, 5.41) is 8.34. The predicted octanol–water partition coefficient (Wildman–Crippen LogP) is -0.0188. The van der Waals surface area contributed by atoms with Gasteiger partial charge in [-0.05, 0) is 6.92 Å². The fourth-order valence-corrected chi connectivity index (χ4v) is 0.838. The van der Waals surface area contributed by atoms with Gasteiger partial charge in [-0.3, -0.25) is 14.8 Å². The first-order valence-electron chi connectivity index (χ1n) is 3.64. The smallest absolute Gasteiger partial charge is 0.372 e. The van der Waals surface area contributed by atoms with Crippen LogP contribution in [0, 0.1) is 6.92 Å². The molecule has 0 saturated carbocycles. The number of aromatic nitrogens is 2. The van der Waals surface area contributed by atoms with E-state index in [9.17, 15) is 9.59 Å². The number of Topliss-reactive ketones (excluding diaryl/α,β-unsaturated/α-hetero) is 1. The van der Waals surface area contributed by atoms with E-state index >= 15 is 0 Å². The summed E-state index contributed by atoms with van der Waals surface area (Å²) >= 11 is 0. The van der Waals surface area contributed by atoms with Gasteiger partial charge in [0.2, 0.25) is 5.78 Å². The SMILES string of the molecule is Cc1nccnc1CC(=O)C(=O)O. The number of hydrogen-bond donors (Lipinski definition) is 1. The number of hydrogen-bond acceptors (Lipinski definition) is 4. The highest BCUT2D eigenvalue weighted by Gasteiger charge is 2.14. The molecule has 1 N–H and O–H groups in total. The van der Waals surface area contributed by atoms with Crippen LogP contribution in [0.15, 0.2) is 12.4 Å². The van der Waals surface area contributed by atoms with Crippen molar-refractivity contribution in [3.05, 3.63) is 23.8 Å². The van der Waals surface area contributed by atoms with Crippen LogP contribution in [0.5, 0.6) is 0 Å². The number of nitrogens with zero attached hydrogens (tertiary/aromatic N) is 2. The molecule has 5 nitrogen and oxygen atoms in total. The highest BCUT2D eigenvalue weighted by atomic mass is 16.4. The number of carboxylic acids is 1. The van der Waals surface area contributed by atoms with Crippen molar-refractivity contribution >= 4 is 11.8 Å². The summed E-state index contributed by atoms with van der Waals surface area (Å²) in [5.41, 5.74) is 0.993. The van der Waals surface area contributed by atoms with Crippen LogP contribution in [0.3, 0.4) is 0 Å². The third-order valence-electron chi connectivity index (χ3n) is 1.55. The first-order valence-corrected chi connectivity index (χ1v) is 3.64. The molecule has 1 heterocycles. The Hall–Kier alpha value is -1.78. The monoisotopic (exact) mass is 180 g/mol. The van der Waals surface area contributed by atoms with Crippen LogP contribution in [0.4, 0.5) is 0 Å². The maximum atomic E-state index is 10.8. The molecule has 0 saturated heterocycles. The molecule has 5 heteroatoms. The van der Waals surface area contributed by atoms with Gasteiger partial charge in [0, 0.05) is 12.4 Å². The van der Waals surface area contributed by atoms with Gasteiger partial charge in [-0.1, -0.05) is 0 Å². The highest BCUT2D eigenvalue weighted by Crippen LogP contribution is 2.00. The average molecular weight is 180 g/mol. The Morgan fingerprint density at radius 3 is 2.54 bits per heavy atom. The Morgan fingerprint density at radius 2 is 2.00 bits per heavy atom. The molecule has 1 aromatic heterocycles. The number of carbonyl (C=O) groups is 2. The molecule has 0 amide bonds. The van der Waals surface area contributed by atoms with Crippen LogP contribution in [0.25, 0.3) is 0 Å². The summed E-state index contributed by atoms with van der Waals surface area (Å²) in [4.78, 5) is 28.8. The lowest BCUT2D eigenvalue weighted by atomic mass is 10.2. The molecule has 1 rings (SSSR count). The van der Waals surface area contributed by atoms with E-state index in [-0.39, 0.29) is 6.42 Å². The van der Waals surface area contributed by atoms with Crippen LogP contribution in [0.2, 0.25) is 0 Å². The quantitative estimate of drug-likeness (QED) is 0.661. The van der Waals surface area contributed by atoms with Crippen molar-refractivity contribution in [1.29, 1.82) is 0 Å². The van der Waals surface area contributed by atoms with Crippen molar-refractivity contribution in [3.8, 4) is 0 Å². The second kappa shape index (κ2) is 3.75. The molecule has 68 valence electrons. The van der Waals surface area contributed by atoms with Crippen molar-refractivity contribution in [2.24, 2.45) is 0 Å². The maximum absolute atomic E-state index is 10.8. The van der Waals surface area contributed by atoms with Crippen molar-refractivity contribution < 1.29 is 14.7 Å². The van der Waals surface area contributed by atoms with E-state index in [4.69, 9.17) is 5.11 Å². The fraction of sp³-hybridized carbons (Fsp3) is 0.250. The molecule has 0 aromatic carbocycles. The molecule has 0 aliphatic heterocycles. The normalized spacial score (nSPS) is 9.62. The zero-order chi connectivity index (χ0) is 9.84. The first-order chi connectivity index (χ1) is 6.11. The Kier molecular flexibility index (Phi) is 2.69. The molecule has 0 bridgehead atoms. The number of carboxylic acid groups (broad SMARTS) is 1. The van der Waals surface area contributed by atoms with E-state index in [0.717, 1.165) is 0 Å². The molecule has 0 spiro atoms. The number of carbonyl (C=O) groups excluding carboxylic acids is 1. The number of rotatable bonds is 3. The summed E-state index contributed by atoms with van der Waals surface area (Å²) in [6.07, 6.45) is 2.72. The molecule has 0 atom stereocenters. The number of aliphatic carboxylic acids is 1. The van der Waals surface area contributed by atoms with E-state index in [1.54, 1.807) is 6.92 Å². The van der Waals surface area contributed by atoms with Gasteiger partial charge in [0.25, 0.3) is 0 Å². The minimum absolute atomic E-state index is 0.199. The second-order valence-corrected chi connectivity index (χ2v) is 2.49. The van der Waals surface area contributed by atoms with E-state index in [0.29, 0.717) is 11.4 Å². The van der Waals surface area contributed by atoms with E-state index in [2.05, 4.69) is 9.97 Å². The van der Waals surface area contributed by atoms with Crippen LogP contribution in [-0.2, 0) is 16.0 Å². The van der Waals surface area contributed by atoms with Gasteiger partial charge in [-0.15, -0.1) is 0 Å². The minimum atomic E-state index is -1.44.